The van der Waals surface area contributed by atoms with E-state index >= 15 is 0 Å². The Morgan fingerprint density at radius 1 is 1.22 bits per heavy atom. The molecule has 4 heteroatoms. The second-order valence-electron chi connectivity index (χ2n) is 4.40. The summed E-state index contributed by atoms with van der Waals surface area (Å²) in [5.41, 5.74) is 2.60. The van der Waals surface area contributed by atoms with Crippen LogP contribution in [-0.2, 0) is 4.79 Å². The van der Waals surface area contributed by atoms with Crippen LogP contribution in [0.5, 0.6) is 5.75 Å². The number of fused-ring (bicyclic) bond motifs is 2. The summed E-state index contributed by atoms with van der Waals surface area (Å²) in [6.45, 7) is 0. The molecular formula is C14H10Cl2O2. The molecule has 18 heavy (non-hydrogen) atoms. The zero-order valence-electron chi connectivity index (χ0n) is 9.50. The van der Waals surface area contributed by atoms with Crippen molar-refractivity contribution in [3.05, 3.63) is 44.6 Å². The van der Waals surface area contributed by atoms with Gasteiger partial charge in [0, 0.05) is 22.2 Å². The highest BCUT2D eigenvalue weighted by Gasteiger charge is 2.25. The second-order valence-corrected chi connectivity index (χ2v) is 5.24. The molecule has 1 aliphatic heterocycles. The Bertz CT molecular complexity index is 600. The Morgan fingerprint density at radius 3 is 2.83 bits per heavy atom. The first kappa shape index (κ1) is 11.8. The first-order valence-electron chi connectivity index (χ1n) is 5.75. The van der Waals surface area contributed by atoms with Gasteiger partial charge in [-0.3, -0.25) is 4.79 Å². The van der Waals surface area contributed by atoms with E-state index in [4.69, 9.17) is 27.9 Å². The van der Waals surface area contributed by atoms with Gasteiger partial charge >= 0.3 is 0 Å². The molecule has 0 unspecified atom stereocenters. The fourth-order valence-corrected chi connectivity index (χ4v) is 2.88. The second kappa shape index (κ2) is 4.45. The van der Waals surface area contributed by atoms with Crippen LogP contribution in [-0.4, -0.2) is 6.29 Å². The number of hydrogen-bond acceptors (Lipinski definition) is 2. The highest BCUT2D eigenvalue weighted by Crippen LogP contribution is 2.42. The molecule has 1 heterocycles. The van der Waals surface area contributed by atoms with Crippen LogP contribution in [0.15, 0.2) is 29.0 Å². The van der Waals surface area contributed by atoms with Gasteiger partial charge < -0.3 is 4.74 Å². The maximum absolute atomic E-state index is 11.0. The first-order valence-corrected chi connectivity index (χ1v) is 6.51. The highest BCUT2D eigenvalue weighted by molar-refractivity contribution is 6.36. The fourth-order valence-electron chi connectivity index (χ4n) is 2.35. The minimum absolute atomic E-state index is 0.527. The molecule has 0 amide bonds. The lowest BCUT2D eigenvalue weighted by Crippen LogP contribution is -2.13. The zero-order chi connectivity index (χ0) is 12.7. The Balaban J connectivity index is 2.20. The predicted molar refractivity (Wildman–Crippen MR) is 72.0 cm³/mol. The van der Waals surface area contributed by atoms with Crippen LogP contribution in [0.2, 0.25) is 10.0 Å². The van der Waals surface area contributed by atoms with Crippen molar-refractivity contribution in [2.45, 2.75) is 19.3 Å². The molecule has 2 aliphatic rings. The van der Waals surface area contributed by atoms with Crippen molar-refractivity contribution in [2.24, 2.45) is 0 Å². The summed E-state index contributed by atoms with van der Waals surface area (Å²) < 4.78 is 5.81. The molecule has 1 aromatic rings. The van der Waals surface area contributed by atoms with Gasteiger partial charge in [-0.05, 0) is 37.0 Å². The van der Waals surface area contributed by atoms with Crippen LogP contribution in [0, 0.1) is 0 Å². The summed E-state index contributed by atoms with van der Waals surface area (Å²) in [5, 5.41) is 1.10. The van der Waals surface area contributed by atoms with Crippen LogP contribution in [0.4, 0.5) is 0 Å². The normalized spacial score (nSPS) is 17.6. The van der Waals surface area contributed by atoms with Gasteiger partial charge in [-0.2, -0.15) is 0 Å². The van der Waals surface area contributed by atoms with Gasteiger partial charge in [-0.15, -0.1) is 0 Å². The smallest absolute Gasteiger partial charge is 0.149 e. The zero-order valence-corrected chi connectivity index (χ0v) is 11.0. The molecule has 1 aliphatic carbocycles. The lowest BCUT2D eigenvalue weighted by atomic mass is 9.91. The van der Waals surface area contributed by atoms with E-state index in [0.29, 0.717) is 27.1 Å². The minimum atomic E-state index is 0.527. The summed E-state index contributed by atoms with van der Waals surface area (Å²) in [4.78, 5) is 11.0. The monoisotopic (exact) mass is 280 g/mol. The Labute approximate surface area is 115 Å². The number of carbonyl (C=O) groups excluding carboxylic acids is 1. The predicted octanol–water partition coefficient (Wildman–Crippen LogP) is 4.41. The Hall–Kier alpha value is -1.25. The Kier molecular flexibility index (Phi) is 2.92. The molecule has 1 aromatic carbocycles. The number of ether oxygens (including phenoxy) is 1. The van der Waals surface area contributed by atoms with Crippen LogP contribution in [0.25, 0.3) is 6.08 Å². The van der Waals surface area contributed by atoms with Crippen molar-refractivity contribution < 1.29 is 9.53 Å². The van der Waals surface area contributed by atoms with Crippen LogP contribution in [0.3, 0.4) is 0 Å². The summed E-state index contributed by atoms with van der Waals surface area (Å²) in [6.07, 6.45) is 5.51. The number of hydrogen-bond donors (Lipinski definition) is 0. The largest absolute Gasteiger partial charge is 0.456 e. The number of carbonyl (C=O) groups is 1. The molecule has 2 nitrogen and oxygen atoms in total. The molecule has 0 atom stereocenters. The van der Waals surface area contributed by atoms with E-state index in [1.165, 1.54) is 0 Å². The number of benzene rings is 1. The van der Waals surface area contributed by atoms with E-state index < -0.39 is 0 Å². The van der Waals surface area contributed by atoms with Crippen molar-refractivity contribution in [1.29, 1.82) is 0 Å². The van der Waals surface area contributed by atoms with Crippen LogP contribution < -0.4 is 4.74 Å². The van der Waals surface area contributed by atoms with Crippen molar-refractivity contribution in [2.75, 3.05) is 0 Å². The molecule has 0 spiro atoms. The van der Waals surface area contributed by atoms with Crippen LogP contribution >= 0.6 is 23.2 Å². The summed E-state index contributed by atoms with van der Waals surface area (Å²) in [6, 6.07) is 3.42. The fraction of sp³-hybridized carbons (Fsp3) is 0.214. The highest BCUT2D eigenvalue weighted by atomic mass is 35.5. The molecule has 0 fully saturated rings. The average molecular weight is 281 g/mol. The summed E-state index contributed by atoms with van der Waals surface area (Å²) in [5.74, 6) is 1.30. The van der Waals surface area contributed by atoms with E-state index in [1.807, 2.05) is 6.08 Å². The average Bonchev–Trinajstić information content (AvgIpc) is 2.36. The molecule has 0 N–H and O–H groups in total. The van der Waals surface area contributed by atoms with Gasteiger partial charge in [-0.25, -0.2) is 0 Å². The Morgan fingerprint density at radius 2 is 2.06 bits per heavy atom. The maximum atomic E-state index is 11.0. The van der Waals surface area contributed by atoms with E-state index in [0.717, 1.165) is 36.7 Å². The lowest BCUT2D eigenvalue weighted by molar-refractivity contribution is -0.105. The topological polar surface area (TPSA) is 26.3 Å². The standard InChI is InChI=1S/C14H10Cl2O2/c15-10-5-12(16)11-4-8-2-1-3-9(7-17)14(8)18-13(11)6-10/h4-7H,1-3H2. The molecule has 3 rings (SSSR count). The lowest BCUT2D eigenvalue weighted by Gasteiger charge is -2.26. The molecule has 0 saturated heterocycles. The van der Waals surface area contributed by atoms with Crippen molar-refractivity contribution >= 4 is 35.6 Å². The molecule has 0 saturated carbocycles. The van der Waals surface area contributed by atoms with Gasteiger partial charge in [0.15, 0.2) is 0 Å². The molecule has 0 aromatic heterocycles. The SMILES string of the molecule is O=CC1=C2Oc3cc(Cl)cc(Cl)c3C=C2CCC1. The molecule has 92 valence electrons. The van der Waals surface area contributed by atoms with Gasteiger partial charge in [0.1, 0.15) is 17.8 Å². The number of halogens is 2. The van der Waals surface area contributed by atoms with E-state index in [1.54, 1.807) is 12.1 Å². The molecule has 0 bridgehead atoms. The number of allylic oxidation sites excluding steroid dienone is 2. The summed E-state index contributed by atoms with van der Waals surface area (Å²) >= 11 is 12.1. The van der Waals surface area contributed by atoms with E-state index in [-0.39, 0.29) is 0 Å². The molecular weight excluding hydrogens is 271 g/mol. The summed E-state index contributed by atoms with van der Waals surface area (Å²) in [7, 11) is 0. The van der Waals surface area contributed by atoms with Crippen LogP contribution in [0.1, 0.15) is 24.8 Å². The van der Waals surface area contributed by atoms with Gasteiger partial charge in [0.25, 0.3) is 0 Å². The third kappa shape index (κ3) is 1.86. The van der Waals surface area contributed by atoms with Gasteiger partial charge in [0.05, 0.1) is 5.02 Å². The quantitative estimate of drug-likeness (QED) is 0.713. The number of rotatable bonds is 1. The third-order valence-corrected chi connectivity index (χ3v) is 3.74. The maximum Gasteiger partial charge on any atom is 0.149 e. The van der Waals surface area contributed by atoms with E-state index in [2.05, 4.69) is 0 Å². The van der Waals surface area contributed by atoms with E-state index in [9.17, 15) is 4.79 Å². The first-order chi connectivity index (χ1) is 8.69. The third-order valence-electron chi connectivity index (χ3n) is 3.20. The van der Waals surface area contributed by atoms with Crippen molar-refractivity contribution in [3.63, 3.8) is 0 Å². The number of aldehydes is 1. The van der Waals surface area contributed by atoms with Gasteiger partial charge in [0.2, 0.25) is 0 Å². The minimum Gasteiger partial charge on any atom is -0.456 e. The molecule has 0 radical (unpaired) electrons. The van der Waals surface area contributed by atoms with Crippen molar-refractivity contribution in [1.82, 2.24) is 0 Å². The van der Waals surface area contributed by atoms with Gasteiger partial charge in [-0.1, -0.05) is 23.2 Å². The van der Waals surface area contributed by atoms with Crippen molar-refractivity contribution in [3.8, 4) is 5.75 Å².